The van der Waals surface area contributed by atoms with E-state index in [0.717, 1.165) is 36.0 Å². The molecule has 2 aliphatic rings. The van der Waals surface area contributed by atoms with E-state index in [4.69, 9.17) is 9.84 Å². The number of benzene rings is 1. The summed E-state index contributed by atoms with van der Waals surface area (Å²) in [5.74, 6) is -3.09. The molecule has 1 N–H and O–H groups in total. The molecule has 2 aromatic heterocycles. The van der Waals surface area contributed by atoms with Gasteiger partial charge in [0.05, 0.1) is 23.4 Å². The molecule has 1 aromatic carbocycles. The van der Waals surface area contributed by atoms with E-state index in [9.17, 15) is 18.7 Å². The van der Waals surface area contributed by atoms with Crippen LogP contribution in [0, 0.1) is 5.92 Å². The van der Waals surface area contributed by atoms with Crippen molar-refractivity contribution in [1.82, 2.24) is 14.8 Å². The van der Waals surface area contributed by atoms with Crippen LogP contribution in [0.1, 0.15) is 60.6 Å². The van der Waals surface area contributed by atoms with Crippen molar-refractivity contribution in [3.63, 3.8) is 0 Å². The number of nitrogens with zero attached hydrogens (tertiary/aromatic N) is 3. The fourth-order valence-corrected chi connectivity index (χ4v) is 4.37. The Morgan fingerprint density at radius 1 is 1.23 bits per heavy atom. The maximum Gasteiger partial charge on any atom is 0.354 e. The standard InChI is InChI=1S/C23H23F2N3O3/c24-23(25)12-14(13-23)9-10-31-18-11-17(22(29)30)26-21-19(18)20(15-5-4-6-15)27-28(21)16-7-2-1-3-8-16/h1-3,7-8,11,14-15H,4-6,9-10,12-13H2,(H,29,30). The first-order valence-corrected chi connectivity index (χ1v) is 10.6. The molecule has 162 valence electrons. The molecule has 0 atom stereocenters. The van der Waals surface area contributed by atoms with E-state index in [1.54, 1.807) is 4.68 Å². The average Bonchev–Trinajstić information content (AvgIpc) is 3.05. The largest absolute Gasteiger partial charge is 0.493 e. The summed E-state index contributed by atoms with van der Waals surface area (Å²) >= 11 is 0. The van der Waals surface area contributed by atoms with Gasteiger partial charge in [-0.1, -0.05) is 24.6 Å². The highest BCUT2D eigenvalue weighted by molar-refractivity contribution is 5.94. The first-order chi connectivity index (χ1) is 14.9. The third kappa shape index (κ3) is 3.75. The van der Waals surface area contributed by atoms with Crippen LogP contribution in [0.25, 0.3) is 16.7 Å². The van der Waals surface area contributed by atoms with Gasteiger partial charge in [0.1, 0.15) is 5.75 Å². The average molecular weight is 427 g/mol. The van der Waals surface area contributed by atoms with Crippen LogP contribution >= 0.6 is 0 Å². The number of aromatic nitrogens is 3. The number of rotatable bonds is 7. The number of halogens is 2. The molecule has 8 heteroatoms. The van der Waals surface area contributed by atoms with Gasteiger partial charge in [0.25, 0.3) is 0 Å². The molecule has 0 spiro atoms. The summed E-state index contributed by atoms with van der Waals surface area (Å²) in [6.45, 7) is 0.250. The zero-order valence-corrected chi connectivity index (χ0v) is 16.9. The third-order valence-electron chi connectivity index (χ3n) is 6.30. The highest BCUT2D eigenvalue weighted by Gasteiger charge is 2.44. The summed E-state index contributed by atoms with van der Waals surface area (Å²) in [5.41, 5.74) is 1.96. The lowest BCUT2D eigenvalue weighted by atomic mass is 9.79. The number of para-hydroxylation sites is 1. The number of fused-ring (bicyclic) bond motifs is 1. The molecule has 3 aromatic rings. The zero-order chi connectivity index (χ0) is 21.6. The van der Waals surface area contributed by atoms with E-state index < -0.39 is 11.9 Å². The number of aromatic carboxylic acids is 1. The SMILES string of the molecule is O=C(O)c1cc(OCCC2CC(F)(F)C2)c2c(C3CCC3)nn(-c3ccccc3)c2n1. The lowest BCUT2D eigenvalue weighted by Gasteiger charge is -2.34. The third-order valence-corrected chi connectivity index (χ3v) is 6.30. The number of alkyl halides is 2. The van der Waals surface area contributed by atoms with Crippen LogP contribution in [-0.4, -0.2) is 38.4 Å². The molecule has 2 saturated carbocycles. The molecule has 0 amide bonds. The van der Waals surface area contributed by atoms with Crippen molar-refractivity contribution in [2.45, 2.75) is 50.4 Å². The van der Waals surface area contributed by atoms with Crippen LogP contribution in [-0.2, 0) is 0 Å². The van der Waals surface area contributed by atoms with Gasteiger partial charge in [0, 0.05) is 24.8 Å². The van der Waals surface area contributed by atoms with E-state index in [-0.39, 0.29) is 37.0 Å². The van der Waals surface area contributed by atoms with Gasteiger partial charge in [-0.2, -0.15) is 5.10 Å². The Kier molecular flexibility index (Phi) is 4.87. The predicted molar refractivity (Wildman–Crippen MR) is 110 cm³/mol. The number of carboxylic acid groups (broad SMARTS) is 1. The van der Waals surface area contributed by atoms with Crippen LogP contribution in [0.4, 0.5) is 8.78 Å². The lowest BCUT2D eigenvalue weighted by Crippen LogP contribution is -2.36. The van der Waals surface area contributed by atoms with E-state index in [2.05, 4.69) is 4.98 Å². The fraction of sp³-hybridized carbons (Fsp3) is 0.435. The van der Waals surface area contributed by atoms with Crippen molar-refractivity contribution in [1.29, 1.82) is 0 Å². The minimum absolute atomic E-state index is 0.0654. The van der Waals surface area contributed by atoms with Crippen molar-refractivity contribution in [2.24, 2.45) is 5.92 Å². The highest BCUT2D eigenvalue weighted by Crippen LogP contribution is 2.45. The summed E-state index contributed by atoms with van der Waals surface area (Å²) in [7, 11) is 0. The molecule has 0 unspecified atom stereocenters. The van der Waals surface area contributed by atoms with E-state index in [0.29, 0.717) is 17.8 Å². The maximum atomic E-state index is 13.1. The Morgan fingerprint density at radius 3 is 2.58 bits per heavy atom. The number of ether oxygens (including phenoxy) is 1. The van der Waals surface area contributed by atoms with Crippen molar-refractivity contribution in [3.8, 4) is 11.4 Å². The maximum absolute atomic E-state index is 13.1. The van der Waals surface area contributed by atoms with Crippen LogP contribution in [0.3, 0.4) is 0 Å². The monoisotopic (exact) mass is 427 g/mol. The van der Waals surface area contributed by atoms with Crippen LogP contribution < -0.4 is 4.74 Å². The second-order valence-corrected chi connectivity index (χ2v) is 8.54. The first kappa shape index (κ1) is 19.9. The van der Waals surface area contributed by atoms with Gasteiger partial charge < -0.3 is 9.84 Å². The molecule has 5 rings (SSSR count). The van der Waals surface area contributed by atoms with Gasteiger partial charge in [-0.25, -0.2) is 23.2 Å². The Morgan fingerprint density at radius 2 is 1.97 bits per heavy atom. The number of carboxylic acids is 1. The van der Waals surface area contributed by atoms with Gasteiger partial charge >= 0.3 is 5.97 Å². The molecule has 31 heavy (non-hydrogen) atoms. The Hall–Kier alpha value is -3.03. The summed E-state index contributed by atoms with van der Waals surface area (Å²) in [5, 5.41) is 15.1. The summed E-state index contributed by atoms with van der Waals surface area (Å²) in [6, 6.07) is 10.9. The molecule has 0 aliphatic heterocycles. The van der Waals surface area contributed by atoms with Gasteiger partial charge in [0.15, 0.2) is 11.3 Å². The number of carbonyl (C=O) groups is 1. The zero-order valence-electron chi connectivity index (χ0n) is 16.9. The van der Waals surface area contributed by atoms with Gasteiger partial charge in [-0.15, -0.1) is 0 Å². The highest BCUT2D eigenvalue weighted by atomic mass is 19.3. The molecule has 0 saturated heterocycles. The van der Waals surface area contributed by atoms with Crippen molar-refractivity contribution in [3.05, 3.63) is 47.8 Å². The fourth-order valence-electron chi connectivity index (χ4n) is 4.37. The van der Waals surface area contributed by atoms with E-state index in [1.165, 1.54) is 6.07 Å². The molecular formula is C23H23F2N3O3. The van der Waals surface area contributed by atoms with Crippen LogP contribution in [0.15, 0.2) is 36.4 Å². The molecule has 0 bridgehead atoms. The van der Waals surface area contributed by atoms with Gasteiger partial charge in [-0.05, 0) is 37.3 Å². The van der Waals surface area contributed by atoms with E-state index >= 15 is 0 Å². The quantitative estimate of drug-likeness (QED) is 0.561. The van der Waals surface area contributed by atoms with Crippen LogP contribution in [0.5, 0.6) is 5.75 Å². The second-order valence-electron chi connectivity index (χ2n) is 8.54. The van der Waals surface area contributed by atoms with Gasteiger partial charge in [-0.3, -0.25) is 0 Å². The molecule has 6 nitrogen and oxygen atoms in total. The number of hydrogen-bond acceptors (Lipinski definition) is 4. The molecular weight excluding hydrogens is 404 g/mol. The van der Waals surface area contributed by atoms with Crippen LogP contribution in [0.2, 0.25) is 0 Å². The molecule has 2 fully saturated rings. The summed E-state index contributed by atoms with van der Waals surface area (Å²) in [6.07, 6.45) is 3.43. The van der Waals surface area contributed by atoms with E-state index in [1.807, 2.05) is 30.3 Å². The van der Waals surface area contributed by atoms with Crippen molar-refractivity contribution < 1.29 is 23.4 Å². The lowest BCUT2D eigenvalue weighted by molar-refractivity contribution is -0.113. The van der Waals surface area contributed by atoms with Gasteiger partial charge in [0.2, 0.25) is 5.92 Å². The predicted octanol–water partition coefficient (Wildman–Crippen LogP) is 5.20. The Balaban J connectivity index is 1.54. The number of pyridine rings is 1. The number of hydrogen-bond donors (Lipinski definition) is 1. The molecule has 2 aliphatic carbocycles. The van der Waals surface area contributed by atoms with Crippen molar-refractivity contribution in [2.75, 3.05) is 6.61 Å². The Bertz CT molecular complexity index is 1120. The second kappa shape index (κ2) is 7.59. The smallest absolute Gasteiger partial charge is 0.354 e. The molecule has 2 heterocycles. The minimum atomic E-state index is -2.56. The molecule has 0 radical (unpaired) electrons. The summed E-state index contributed by atoms with van der Waals surface area (Å²) < 4.78 is 33.9. The topological polar surface area (TPSA) is 77.2 Å². The minimum Gasteiger partial charge on any atom is -0.493 e. The summed E-state index contributed by atoms with van der Waals surface area (Å²) in [4.78, 5) is 16.1. The Labute approximate surface area is 177 Å². The normalized spacial score (nSPS) is 18.5. The first-order valence-electron chi connectivity index (χ1n) is 10.6. The van der Waals surface area contributed by atoms with Crippen molar-refractivity contribution >= 4 is 17.0 Å².